The molecule has 1 aliphatic rings. The van der Waals surface area contributed by atoms with Gasteiger partial charge in [0.15, 0.2) is 11.6 Å². The van der Waals surface area contributed by atoms with Crippen LogP contribution in [0.3, 0.4) is 0 Å². The summed E-state index contributed by atoms with van der Waals surface area (Å²) in [5.41, 5.74) is 5.67. The molecule has 0 saturated carbocycles. The van der Waals surface area contributed by atoms with Crippen LogP contribution in [0, 0.1) is 0 Å². The molecular weight excluding hydrogens is 172 g/mol. The van der Waals surface area contributed by atoms with Crippen LogP contribution in [0.5, 0.6) is 0 Å². The van der Waals surface area contributed by atoms with Crippen molar-refractivity contribution in [2.24, 2.45) is 0 Å². The number of rotatable bonds is 1. The summed E-state index contributed by atoms with van der Waals surface area (Å²) >= 11 is 1.19. The molecule has 1 aromatic heterocycles. The van der Waals surface area contributed by atoms with Crippen LogP contribution in [-0.4, -0.2) is 21.8 Å². The van der Waals surface area contributed by atoms with Gasteiger partial charge in [0.2, 0.25) is 0 Å². The second-order valence-electron chi connectivity index (χ2n) is 3.02. The first-order chi connectivity index (χ1) is 5.88. The topological polar surface area (TPSA) is 55.0 Å². The highest BCUT2D eigenvalue weighted by Gasteiger charge is 2.15. The van der Waals surface area contributed by atoms with E-state index in [0.717, 1.165) is 18.9 Å². The van der Waals surface area contributed by atoms with Crippen LogP contribution in [-0.2, 0) is 0 Å². The maximum Gasteiger partial charge on any atom is 0.186 e. The summed E-state index contributed by atoms with van der Waals surface area (Å²) in [6, 6.07) is 0. The minimum absolute atomic E-state index is 0.585. The predicted molar refractivity (Wildman–Crippen MR) is 50.4 cm³/mol. The molecule has 1 aliphatic heterocycles. The lowest BCUT2D eigenvalue weighted by atomic mass is 10.1. The molecule has 0 spiro atoms. The lowest BCUT2D eigenvalue weighted by molar-refractivity contribution is 0.575. The lowest BCUT2D eigenvalue weighted by Gasteiger charge is -2.26. The Kier molecular flexibility index (Phi) is 2.12. The minimum Gasteiger partial charge on any atom is -0.380 e. The Balaban J connectivity index is 2.13. The molecule has 4 nitrogen and oxygen atoms in total. The van der Waals surface area contributed by atoms with E-state index in [0.29, 0.717) is 5.82 Å². The van der Waals surface area contributed by atoms with Gasteiger partial charge in [-0.1, -0.05) is 0 Å². The third kappa shape index (κ3) is 1.36. The van der Waals surface area contributed by atoms with Crippen LogP contribution >= 0.6 is 11.7 Å². The normalized spacial score (nSPS) is 18.2. The van der Waals surface area contributed by atoms with Gasteiger partial charge in [0.05, 0.1) is 11.7 Å². The van der Waals surface area contributed by atoms with Crippen LogP contribution in [0.25, 0.3) is 0 Å². The second-order valence-corrected chi connectivity index (χ2v) is 3.55. The number of piperidine rings is 1. The van der Waals surface area contributed by atoms with Crippen molar-refractivity contribution in [1.29, 1.82) is 0 Å². The van der Waals surface area contributed by atoms with E-state index in [-0.39, 0.29) is 0 Å². The van der Waals surface area contributed by atoms with Gasteiger partial charge in [0.25, 0.3) is 0 Å². The molecule has 5 heteroatoms. The van der Waals surface area contributed by atoms with Gasteiger partial charge < -0.3 is 10.6 Å². The first kappa shape index (κ1) is 7.79. The maximum absolute atomic E-state index is 5.67. The highest BCUT2D eigenvalue weighted by atomic mass is 32.1. The Morgan fingerprint density at radius 1 is 1.17 bits per heavy atom. The number of hydrogen-bond acceptors (Lipinski definition) is 5. The molecule has 0 amide bonds. The SMILES string of the molecule is Nc1nsnc1N1CCCCC1. The van der Waals surface area contributed by atoms with E-state index >= 15 is 0 Å². The van der Waals surface area contributed by atoms with E-state index in [1.54, 1.807) is 0 Å². The summed E-state index contributed by atoms with van der Waals surface area (Å²) in [6.45, 7) is 2.16. The van der Waals surface area contributed by atoms with Crippen molar-refractivity contribution >= 4 is 23.4 Å². The zero-order chi connectivity index (χ0) is 8.39. The van der Waals surface area contributed by atoms with E-state index in [1.165, 1.54) is 31.0 Å². The van der Waals surface area contributed by atoms with Gasteiger partial charge in [0, 0.05) is 13.1 Å². The minimum atomic E-state index is 0.585. The molecule has 2 rings (SSSR count). The molecule has 0 radical (unpaired) electrons. The number of nitrogens with zero attached hydrogens (tertiary/aromatic N) is 3. The summed E-state index contributed by atoms with van der Waals surface area (Å²) in [5, 5.41) is 0. The Morgan fingerprint density at radius 3 is 2.50 bits per heavy atom. The van der Waals surface area contributed by atoms with Gasteiger partial charge in [-0.15, -0.1) is 0 Å². The van der Waals surface area contributed by atoms with Gasteiger partial charge in [-0.3, -0.25) is 0 Å². The largest absolute Gasteiger partial charge is 0.380 e. The van der Waals surface area contributed by atoms with E-state index in [1.807, 2.05) is 0 Å². The molecule has 0 atom stereocenters. The summed E-state index contributed by atoms with van der Waals surface area (Å²) in [6.07, 6.45) is 3.82. The standard InChI is InChI=1S/C7H12N4S/c8-6-7(10-12-9-6)11-4-2-1-3-5-11/h1-5H2,(H2,8,9). The zero-order valence-corrected chi connectivity index (χ0v) is 7.68. The smallest absolute Gasteiger partial charge is 0.186 e. The highest BCUT2D eigenvalue weighted by molar-refractivity contribution is 6.99. The molecule has 2 heterocycles. The number of aromatic nitrogens is 2. The highest BCUT2D eigenvalue weighted by Crippen LogP contribution is 2.23. The lowest BCUT2D eigenvalue weighted by Crippen LogP contribution is -2.30. The van der Waals surface area contributed by atoms with Crippen molar-refractivity contribution in [2.45, 2.75) is 19.3 Å². The third-order valence-electron chi connectivity index (χ3n) is 2.15. The third-order valence-corrected chi connectivity index (χ3v) is 2.68. The molecule has 1 fully saturated rings. The molecule has 0 aliphatic carbocycles. The van der Waals surface area contributed by atoms with Crippen molar-refractivity contribution in [3.05, 3.63) is 0 Å². The Morgan fingerprint density at radius 2 is 1.92 bits per heavy atom. The van der Waals surface area contributed by atoms with Crippen LogP contribution < -0.4 is 10.6 Å². The fourth-order valence-corrected chi connectivity index (χ4v) is 2.01. The Bertz CT molecular complexity index is 254. The monoisotopic (exact) mass is 184 g/mol. The first-order valence-electron chi connectivity index (χ1n) is 4.21. The second kappa shape index (κ2) is 3.26. The van der Waals surface area contributed by atoms with Gasteiger partial charge in [-0.25, -0.2) is 0 Å². The van der Waals surface area contributed by atoms with Crippen molar-refractivity contribution in [3.63, 3.8) is 0 Å². The quantitative estimate of drug-likeness (QED) is 0.710. The van der Waals surface area contributed by atoms with Crippen LogP contribution in [0.1, 0.15) is 19.3 Å². The number of nitrogen functional groups attached to an aromatic ring is 1. The van der Waals surface area contributed by atoms with Gasteiger partial charge in [-0.05, 0) is 19.3 Å². The number of hydrogen-bond donors (Lipinski definition) is 1. The van der Waals surface area contributed by atoms with E-state index in [9.17, 15) is 0 Å². The van der Waals surface area contributed by atoms with Crippen LogP contribution in [0.4, 0.5) is 11.6 Å². The van der Waals surface area contributed by atoms with Crippen molar-refractivity contribution < 1.29 is 0 Å². The van der Waals surface area contributed by atoms with Crippen molar-refractivity contribution in [2.75, 3.05) is 23.7 Å². The average molecular weight is 184 g/mol. The van der Waals surface area contributed by atoms with E-state index in [4.69, 9.17) is 5.73 Å². The average Bonchev–Trinajstić information content (AvgIpc) is 2.53. The van der Waals surface area contributed by atoms with Crippen LogP contribution in [0.2, 0.25) is 0 Å². The van der Waals surface area contributed by atoms with Gasteiger partial charge in [-0.2, -0.15) is 8.75 Å². The van der Waals surface area contributed by atoms with Crippen molar-refractivity contribution in [3.8, 4) is 0 Å². The van der Waals surface area contributed by atoms with Gasteiger partial charge >= 0.3 is 0 Å². The molecule has 1 aromatic rings. The summed E-state index contributed by atoms with van der Waals surface area (Å²) < 4.78 is 8.13. The molecule has 2 N–H and O–H groups in total. The Labute approximate surface area is 75.7 Å². The van der Waals surface area contributed by atoms with E-state index < -0.39 is 0 Å². The van der Waals surface area contributed by atoms with Crippen molar-refractivity contribution in [1.82, 2.24) is 8.75 Å². The molecule has 12 heavy (non-hydrogen) atoms. The molecule has 1 saturated heterocycles. The first-order valence-corrected chi connectivity index (χ1v) is 4.94. The van der Waals surface area contributed by atoms with E-state index in [2.05, 4.69) is 13.6 Å². The fraction of sp³-hybridized carbons (Fsp3) is 0.714. The number of anilines is 2. The summed E-state index contributed by atoms with van der Waals surface area (Å²) in [4.78, 5) is 2.22. The molecule has 0 unspecified atom stereocenters. The molecule has 0 bridgehead atoms. The van der Waals surface area contributed by atoms with Crippen LogP contribution in [0.15, 0.2) is 0 Å². The molecular formula is C7H12N4S. The molecule has 0 aromatic carbocycles. The van der Waals surface area contributed by atoms with Gasteiger partial charge in [0.1, 0.15) is 0 Å². The predicted octanol–water partition coefficient (Wildman–Crippen LogP) is 1.11. The fourth-order valence-electron chi connectivity index (χ4n) is 1.52. The maximum atomic E-state index is 5.67. The number of nitrogens with two attached hydrogens (primary N) is 1. The summed E-state index contributed by atoms with van der Waals surface area (Å²) in [7, 11) is 0. The summed E-state index contributed by atoms with van der Waals surface area (Å²) in [5.74, 6) is 1.47. The zero-order valence-electron chi connectivity index (χ0n) is 6.86. The Hall–Kier alpha value is -0.840. The molecule has 66 valence electrons.